The van der Waals surface area contributed by atoms with E-state index in [1.807, 2.05) is 49.4 Å². The van der Waals surface area contributed by atoms with Gasteiger partial charge in [-0.2, -0.15) is 0 Å². The van der Waals surface area contributed by atoms with Crippen LogP contribution in [0.3, 0.4) is 0 Å². The maximum absolute atomic E-state index is 11.7. The van der Waals surface area contributed by atoms with Gasteiger partial charge in [-0.05, 0) is 62.3 Å². The number of hydrogen-bond acceptors (Lipinski definition) is 6. The van der Waals surface area contributed by atoms with Crippen LogP contribution in [0.25, 0.3) is 12.2 Å². The maximum atomic E-state index is 11.7. The molecule has 0 saturated carbocycles. The van der Waals surface area contributed by atoms with Crippen LogP contribution in [0.5, 0.6) is 0 Å². The van der Waals surface area contributed by atoms with E-state index in [2.05, 4.69) is 16.0 Å². The molecule has 0 spiro atoms. The number of amides is 4. The van der Waals surface area contributed by atoms with Crippen LogP contribution in [-0.4, -0.2) is 51.7 Å². The van der Waals surface area contributed by atoms with E-state index in [1.165, 1.54) is 18.2 Å². The monoisotopic (exact) mass is 681 g/mol. The van der Waals surface area contributed by atoms with Gasteiger partial charge in [0.2, 0.25) is 33.7 Å². The minimum Gasteiger partial charge on any atom is -0.370 e. The fraction of sp³-hybridized carbons (Fsp3) is 0.389. The predicted molar refractivity (Wildman–Crippen MR) is 192 cm³/mol. The van der Waals surface area contributed by atoms with Gasteiger partial charge in [-0.25, -0.2) is 13.6 Å². The number of primary amides is 1. The minimum absolute atomic E-state index is 0.0561. The molecule has 0 fully saturated rings. The van der Waals surface area contributed by atoms with E-state index in [0.29, 0.717) is 38.9 Å². The summed E-state index contributed by atoms with van der Waals surface area (Å²) < 4.78 is 22.3. The van der Waals surface area contributed by atoms with E-state index in [1.54, 1.807) is 30.4 Å². The average Bonchev–Trinajstić information content (AvgIpc) is 3.05. The number of nitrogens with one attached hydrogen (secondary N) is 3. The van der Waals surface area contributed by atoms with E-state index in [4.69, 9.17) is 10.9 Å². The third kappa shape index (κ3) is 22.9. The quantitative estimate of drug-likeness (QED) is 0.0739. The number of carbonyl (C=O) groups is 4. The van der Waals surface area contributed by atoms with E-state index in [9.17, 15) is 27.6 Å². The lowest BCUT2D eigenvalue weighted by molar-refractivity contribution is -0.121. The zero-order valence-corrected chi connectivity index (χ0v) is 28.7. The standard InChI is InChI=1S/C19H27N3O4S.C17H24N2O2/c1-2-21-18(23)9-4-3-7-15-22-19(24)10-6-5-8-16-11-13-17(14-12-16)27(20,25)26;18-16(20)12-5-2-8-14-19-17(21)13-7-6-11-15-9-3-1-4-10-15/h5-6,8,10-14H,2-4,7,9,15H2,1H3,(H,21,23)(H,22,24)(H2,20,25,26);1,3-4,6,9-11H,2,5,7-8,12-14H2,(H2,18,20)(H,19,21)/b8-5+,10-6+;11-6+. The van der Waals surface area contributed by atoms with Crippen molar-refractivity contribution >= 4 is 45.8 Å². The molecule has 0 aliphatic carbocycles. The number of primary sulfonamides is 1. The van der Waals surface area contributed by atoms with Crippen LogP contribution >= 0.6 is 0 Å². The van der Waals surface area contributed by atoms with Crippen molar-refractivity contribution in [3.05, 3.63) is 90.0 Å². The van der Waals surface area contributed by atoms with Crippen LogP contribution in [0.2, 0.25) is 0 Å². The molecule has 0 heterocycles. The van der Waals surface area contributed by atoms with Crippen molar-refractivity contribution in [2.75, 3.05) is 19.6 Å². The van der Waals surface area contributed by atoms with Crippen molar-refractivity contribution in [1.29, 1.82) is 0 Å². The number of nitrogens with two attached hydrogens (primary N) is 2. The van der Waals surface area contributed by atoms with E-state index in [0.717, 1.165) is 56.1 Å². The third-order valence-corrected chi connectivity index (χ3v) is 7.61. The molecule has 0 radical (unpaired) electrons. The third-order valence-electron chi connectivity index (χ3n) is 6.68. The molecular weight excluding hydrogens is 630 g/mol. The zero-order chi connectivity index (χ0) is 35.5. The van der Waals surface area contributed by atoms with E-state index < -0.39 is 10.0 Å². The van der Waals surface area contributed by atoms with Crippen LogP contribution in [0, 0.1) is 0 Å². The first-order valence-electron chi connectivity index (χ1n) is 16.3. The molecule has 0 aliphatic rings. The van der Waals surface area contributed by atoms with Crippen molar-refractivity contribution in [2.24, 2.45) is 10.9 Å². The molecule has 262 valence electrons. The Balaban J connectivity index is 0.000000495. The lowest BCUT2D eigenvalue weighted by atomic mass is 10.1. The van der Waals surface area contributed by atoms with Crippen LogP contribution in [-0.2, 0) is 29.2 Å². The summed E-state index contributed by atoms with van der Waals surface area (Å²) in [6.07, 6.45) is 17.8. The molecule has 4 amide bonds. The van der Waals surface area contributed by atoms with Gasteiger partial charge in [0.15, 0.2) is 0 Å². The zero-order valence-electron chi connectivity index (χ0n) is 27.9. The lowest BCUT2D eigenvalue weighted by Gasteiger charge is -2.03. The normalized spacial score (nSPS) is 11.3. The second kappa shape index (κ2) is 25.5. The van der Waals surface area contributed by atoms with Gasteiger partial charge in [-0.15, -0.1) is 0 Å². The first-order valence-corrected chi connectivity index (χ1v) is 17.8. The summed E-state index contributed by atoms with van der Waals surface area (Å²) in [6, 6.07) is 16.1. The van der Waals surface area contributed by atoms with Crippen LogP contribution in [0.1, 0.15) is 82.3 Å². The van der Waals surface area contributed by atoms with Crippen molar-refractivity contribution in [1.82, 2.24) is 16.0 Å². The molecule has 0 aliphatic heterocycles. The molecule has 2 rings (SSSR count). The Morgan fingerprint density at radius 2 is 1.29 bits per heavy atom. The summed E-state index contributed by atoms with van der Waals surface area (Å²) in [5.41, 5.74) is 6.99. The highest BCUT2D eigenvalue weighted by atomic mass is 32.2. The van der Waals surface area contributed by atoms with Crippen molar-refractivity contribution in [2.45, 2.75) is 76.0 Å². The number of carbonyl (C=O) groups excluding carboxylic acids is 4. The highest BCUT2D eigenvalue weighted by Gasteiger charge is 2.05. The van der Waals surface area contributed by atoms with E-state index >= 15 is 0 Å². The van der Waals surface area contributed by atoms with Crippen molar-refractivity contribution in [3.8, 4) is 0 Å². The van der Waals surface area contributed by atoms with Gasteiger partial charge in [0.05, 0.1) is 4.90 Å². The Morgan fingerprint density at radius 1 is 0.688 bits per heavy atom. The predicted octanol–water partition coefficient (Wildman–Crippen LogP) is 4.36. The molecule has 0 atom stereocenters. The Labute approximate surface area is 285 Å². The molecular formula is C36H51N5O6S. The number of benzene rings is 2. The van der Waals surface area contributed by atoms with Crippen molar-refractivity contribution in [3.63, 3.8) is 0 Å². The molecule has 12 heteroatoms. The largest absolute Gasteiger partial charge is 0.370 e. The van der Waals surface area contributed by atoms with E-state index in [-0.39, 0.29) is 28.5 Å². The molecule has 0 unspecified atom stereocenters. The van der Waals surface area contributed by atoms with Crippen molar-refractivity contribution < 1.29 is 27.6 Å². The van der Waals surface area contributed by atoms with Crippen LogP contribution < -0.4 is 26.8 Å². The summed E-state index contributed by atoms with van der Waals surface area (Å²) in [7, 11) is -3.69. The summed E-state index contributed by atoms with van der Waals surface area (Å²) in [6.45, 7) is 3.77. The van der Waals surface area contributed by atoms with Gasteiger partial charge in [0.1, 0.15) is 0 Å². The molecule has 7 N–H and O–H groups in total. The maximum Gasteiger partial charge on any atom is 0.243 e. The number of rotatable bonds is 21. The summed E-state index contributed by atoms with van der Waals surface area (Å²) in [5, 5.41) is 13.4. The lowest BCUT2D eigenvalue weighted by Crippen LogP contribution is -2.23. The second-order valence-corrected chi connectivity index (χ2v) is 12.4. The van der Waals surface area contributed by atoms with Gasteiger partial charge in [0, 0.05) is 45.0 Å². The molecule has 0 saturated heterocycles. The number of unbranched alkanes of at least 4 members (excludes halogenated alkanes) is 4. The highest BCUT2D eigenvalue weighted by molar-refractivity contribution is 7.89. The average molecular weight is 682 g/mol. The molecule has 2 aromatic rings. The number of sulfonamides is 1. The molecule has 0 bridgehead atoms. The Kier molecular flexibility index (Phi) is 22.1. The fourth-order valence-corrected chi connectivity index (χ4v) is 4.65. The van der Waals surface area contributed by atoms with Gasteiger partial charge < -0.3 is 21.7 Å². The molecule has 48 heavy (non-hydrogen) atoms. The van der Waals surface area contributed by atoms with Gasteiger partial charge >= 0.3 is 0 Å². The molecule has 11 nitrogen and oxygen atoms in total. The minimum atomic E-state index is -3.69. The summed E-state index contributed by atoms with van der Waals surface area (Å²) >= 11 is 0. The SMILES string of the molecule is CCNC(=O)CCCCCNC(=O)/C=C/C=C/c1ccc(S(N)(=O)=O)cc1.NC(=O)CCCCCNC(=O)CC/C=C/c1ccccc1. The smallest absolute Gasteiger partial charge is 0.243 e. The van der Waals surface area contributed by atoms with Gasteiger partial charge in [-0.1, -0.05) is 85.7 Å². The fourth-order valence-electron chi connectivity index (χ4n) is 4.14. The molecule has 0 aromatic heterocycles. The van der Waals surface area contributed by atoms with Crippen LogP contribution in [0.15, 0.2) is 83.8 Å². The highest BCUT2D eigenvalue weighted by Crippen LogP contribution is 2.10. The molecule has 2 aromatic carbocycles. The summed E-state index contributed by atoms with van der Waals surface area (Å²) in [4.78, 5) is 45.1. The van der Waals surface area contributed by atoms with Gasteiger partial charge in [0.25, 0.3) is 0 Å². The Morgan fingerprint density at radius 3 is 1.92 bits per heavy atom. The van der Waals surface area contributed by atoms with Gasteiger partial charge in [-0.3, -0.25) is 19.2 Å². The second-order valence-electron chi connectivity index (χ2n) is 10.9. The number of allylic oxidation sites excluding steroid dienone is 3. The first kappa shape index (κ1) is 41.5. The topological polar surface area (TPSA) is 191 Å². The van der Waals surface area contributed by atoms with Crippen LogP contribution in [0.4, 0.5) is 0 Å². The summed E-state index contributed by atoms with van der Waals surface area (Å²) in [5.74, 6) is -0.310. The number of hydrogen-bond donors (Lipinski definition) is 5. The Hall–Kier alpha value is -4.55. The first-order chi connectivity index (χ1) is 23.0. The Bertz CT molecular complexity index is 1440.